The molecule has 0 aliphatic rings. The molecule has 0 bridgehead atoms. The number of anilines is 2. The van der Waals surface area contributed by atoms with E-state index in [4.69, 9.17) is 22.7 Å². The van der Waals surface area contributed by atoms with Gasteiger partial charge in [-0.05, 0) is 19.1 Å². The zero-order chi connectivity index (χ0) is 14.5. The van der Waals surface area contributed by atoms with Gasteiger partial charge in [0.25, 0.3) is 0 Å². The average molecular weight is 290 g/mol. The number of hydrogen-bond acceptors (Lipinski definition) is 4. The molecule has 0 fully saturated rings. The van der Waals surface area contributed by atoms with Crippen molar-refractivity contribution < 1.29 is 4.74 Å². The maximum atomic E-state index is 5.76. The summed E-state index contributed by atoms with van der Waals surface area (Å²) in [5.74, 6) is 0. The SMILES string of the molecule is COCCn1cc(Nc2ccc(C)cc2C(N)=S)cn1. The van der Waals surface area contributed by atoms with Crippen LogP contribution in [0.1, 0.15) is 11.1 Å². The summed E-state index contributed by atoms with van der Waals surface area (Å²) in [6.45, 7) is 3.35. The summed E-state index contributed by atoms with van der Waals surface area (Å²) in [5.41, 5.74) is 9.49. The molecular formula is C14H18N4OS. The van der Waals surface area contributed by atoms with E-state index in [1.165, 1.54) is 0 Å². The van der Waals surface area contributed by atoms with E-state index in [-0.39, 0.29) is 0 Å². The molecule has 2 rings (SSSR count). The number of aryl methyl sites for hydroxylation is 1. The van der Waals surface area contributed by atoms with E-state index in [1.807, 2.05) is 36.0 Å². The summed E-state index contributed by atoms with van der Waals surface area (Å²) in [7, 11) is 1.67. The van der Waals surface area contributed by atoms with E-state index in [9.17, 15) is 0 Å². The molecule has 3 N–H and O–H groups in total. The van der Waals surface area contributed by atoms with E-state index in [1.54, 1.807) is 13.3 Å². The molecule has 106 valence electrons. The van der Waals surface area contributed by atoms with Crippen LogP contribution >= 0.6 is 12.2 Å². The first-order valence-corrected chi connectivity index (χ1v) is 6.70. The maximum Gasteiger partial charge on any atom is 0.106 e. The Morgan fingerprint density at radius 1 is 1.50 bits per heavy atom. The standard InChI is InChI=1S/C14H18N4OS/c1-10-3-4-13(12(7-10)14(15)20)17-11-8-16-18(9-11)5-6-19-2/h3-4,7-9,17H,5-6H2,1-2H3,(H2,15,20). The predicted octanol–water partition coefficient (Wildman–Crippen LogP) is 2.22. The van der Waals surface area contributed by atoms with Gasteiger partial charge in [-0.1, -0.05) is 23.8 Å². The zero-order valence-corrected chi connectivity index (χ0v) is 12.4. The molecular weight excluding hydrogens is 272 g/mol. The first-order valence-electron chi connectivity index (χ1n) is 6.29. The molecule has 2 aromatic rings. The Morgan fingerprint density at radius 2 is 2.30 bits per heavy atom. The Labute approximate surface area is 123 Å². The fraction of sp³-hybridized carbons (Fsp3) is 0.286. The molecule has 0 amide bonds. The molecule has 6 heteroatoms. The first kappa shape index (κ1) is 14.5. The van der Waals surface area contributed by atoms with Gasteiger partial charge in [0.15, 0.2) is 0 Å². The highest BCUT2D eigenvalue weighted by Crippen LogP contribution is 2.22. The molecule has 1 aromatic carbocycles. The van der Waals surface area contributed by atoms with Crippen molar-refractivity contribution >= 4 is 28.6 Å². The highest BCUT2D eigenvalue weighted by molar-refractivity contribution is 7.80. The van der Waals surface area contributed by atoms with Crippen molar-refractivity contribution in [2.45, 2.75) is 13.5 Å². The van der Waals surface area contributed by atoms with Crippen molar-refractivity contribution in [1.29, 1.82) is 0 Å². The van der Waals surface area contributed by atoms with Crippen molar-refractivity contribution in [2.24, 2.45) is 5.73 Å². The summed E-state index contributed by atoms with van der Waals surface area (Å²) >= 11 is 5.09. The summed E-state index contributed by atoms with van der Waals surface area (Å²) in [5, 5.41) is 7.54. The molecule has 5 nitrogen and oxygen atoms in total. The van der Waals surface area contributed by atoms with Gasteiger partial charge in [-0.25, -0.2) is 0 Å². The number of methoxy groups -OCH3 is 1. The molecule has 0 radical (unpaired) electrons. The number of thiocarbonyl (C=S) groups is 1. The van der Waals surface area contributed by atoms with Gasteiger partial charge in [0.05, 0.1) is 25.0 Å². The third-order valence-corrected chi connectivity index (χ3v) is 3.10. The van der Waals surface area contributed by atoms with E-state index < -0.39 is 0 Å². The van der Waals surface area contributed by atoms with Gasteiger partial charge in [0, 0.05) is 24.6 Å². The van der Waals surface area contributed by atoms with Crippen LogP contribution in [0.3, 0.4) is 0 Å². The summed E-state index contributed by atoms with van der Waals surface area (Å²) in [6.07, 6.45) is 3.68. The van der Waals surface area contributed by atoms with Crippen LogP contribution in [0.4, 0.5) is 11.4 Å². The molecule has 0 saturated heterocycles. The Morgan fingerprint density at radius 3 is 3.00 bits per heavy atom. The highest BCUT2D eigenvalue weighted by atomic mass is 32.1. The van der Waals surface area contributed by atoms with Crippen LogP contribution in [0.25, 0.3) is 0 Å². The summed E-state index contributed by atoms with van der Waals surface area (Å²) in [4.78, 5) is 0.378. The van der Waals surface area contributed by atoms with E-state index in [0.29, 0.717) is 18.1 Å². The quantitative estimate of drug-likeness (QED) is 0.799. The fourth-order valence-corrected chi connectivity index (χ4v) is 2.03. The largest absolute Gasteiger partial charge is 0.389 e. The van der Waals surface area contributed by atoms with Gasteiger partial charge in [-0.2, -0.15) is 5.10 Å². The van der Waals surface area contributed by atoms with Crippen LogP contribution in [0, 0.1) is 6.92 Å². The van der Waals surface area contributed by atoms with Crippen LogP contribution in [-0.2, 0) is 11.3 Å². The number of nitrogens with one attached hydrogen (secondary N) is 1. The minimum atomic E-state index is 0.378. The van der Waals surface area contributed by atoms with Gasteiger partial charge < -0.3 is 15.8 Å². The lowest BCUT2D eigenvalue weighted by Gasteiger charge is -2.10. The van der Waals surface area contributed by atoms with Crippen LogP contribution in [0.2, 0.25) is 0 Å². The van der Waals surface area contributed by atoms with Crippen LogP contribution in [-0.4, -0.2) is 28.5 Å². The number of ether oxygens (including phenoxy) is 1. The van der Waals surface area contributed by atoms with Crippen molar-refractivity contribution in [3.05, 3.63) is 41.7 Å². The van der Waals surface area contributed by atoms with Crippen LogP contribution < -0.4 is 11.1 Å². The first-order chi connectivity index (χ1) is 9.60. The van der Waals surface area contributed by atoms with E-state index in [2.05, 4.69) is 10.4 Å². The zero-order valence-electron chi connectivity index (χ0n) is 11.6. The fourth-order valence-electron chi connectivity index (χ4n) is 1.86. The van der Waals surface area contributed by atoms with E-state index >= 15 is 0 Å². The second-order valence-corrected chi connectivity index (χ2v) is 4.96. The van der Waals surface area contributed by atoms with Gasteiger partial charge in [-0.15, -0.1) is 0 Å². The lowest BCUT2D eigenvalue weighted by molar-refractivity contribution is 0.183. The lowest BCUT2D eigenvalue weighted by atomic mass is 10.1. The minimum Gasteiger partial charge on any atom is -0.389 e. The third-order valence-electron chi connectivity index (χ3n) is 2.88. The smallest absolute Gasteiger partial charge is 0.106 e. The van der Waals surface area contributed by atoms with Crippen LogP contribution in [0.15, 0.2) is 30.6 Å². The topological polar surface area (TPSA) is 65.1 Å². The molecule has 1 aromatic heterocycles. The van der Waals surface area contributed by atoms with Gasteiger partial charge in [0.2, 0.25) is 0 Å². The van der Waals surface area contributed by atoms with Crippen molar-refractivity contribution in [3.63, 3.8) is 0 Å². The van der Waals surface area contributed by atoms with Gasteiger partial charge in [0.1, 0.15) is 4.99 Å². The Bertz CT molecular complexity index is 609. The molecule has 0 spiro atoms. The Hall–Kier alpha value is -1.92. The number of nitrogens with zero attached hydrogens (tertiary/aromatic N) is 2. The predicted molar refractivity (Wildman–Crippen MR) is 84.5 cm³/mol. The summed E-state index contributed by atoms with van der Waals surface area (Å²) in [6, 6.07) is 5.95. The number of aromatic nitrogens is 2. The molecule has 0 unspecified atom stereocenters. The molecule has 0 saturated carbocycles. The number of nitrogens with two attached hydrogens (primary N) is 1. The number of benzene rings is 1. The third kappa shape index (κ3) is 3.55. The molecule has 20 heavy (non-hydrogen) atoms. The minimum absolute atomic E-state index is 0.378. The molecule has 0 aliphatic carbocycles. The van der Waals surface area contributed by atoms with Crippen molar-refractivity contribution in [2.75, 3.05) is 19.0 Å². The summed E-state index contributed by atoms with van der Waals surface area (Å²) < 4.78 is 6.84. The van der Waals surface area contributed by atoms with Gasteiger partial charge >= 0.3 is 0 Å². The lowest BCUT2D eigenvalue weighted by Crippen LogP contribution is -2.12. The Balaban J connectivity index is 2.17. The molecule has 0 aliphatic heterocycles. The number of rotatable bonds is 6. The van der Waals surface area contributed by atoms with Crippen molar-refractivity contribution in [1.82, 2.24) is 9.78 Å². The van der Waals surface area contributed by atoms with Crippen LogP contribution in [0.5, 0.6) is 0 Å². The second kappa shape index (κ2) is 6.49. The van der Waals surface area contributed by atoms with Crippen molar-refractivity contribution in [3.8, 4) is 0 Å². The average Bonchev–Trinajstić information content (AvgIpc) is 2.86. The Kier molecular flexibility index (Phi) is 4.70. The highest BCUT2D eigenvalue weighted by Gasteiger charge is 2.07. The monoisotopic (exact) mass is 290 g/mol. The molecule has 0 atom stereocenters. The normalized spacial score (nSPS) is 10.5. The van der Waals surface area contributed by atoms with E-state index in [0.717, 1.165) is 22.5 Å². The molecule has 1 heterocycles. The maximum absolute atomic E-state index is 5.76. The second-order valence-electron chi connectivity index (χ2n) is 4.52. The van der Waals surface area contributed by atoms with Gasteiger partial charge in [-0.3, -0.25) is 4.68 Å². The number of hydrogen-bond donors (Lipinski definition) is 2.